The third-order valence-corrected chi connectivity index (χ3v) is 3.73. The van der Waals surface area contributed by atoms with E-state index in [2.05, 4.69) is 15.2 Å². The van der Waals surface area contributed by atoms with Crippen LogP contribution >= 0.6 is 35.0 Å². The SMILES string of the molecule is Cn1c(SCc2cnc(Cl)cc2Cl)n[nH]c1=O. The molecule has 0 fully saturated rings. The van der Waals surface area contributed by atoms with Crippen molar-refractivity contribution in [2.45, 2.75) is 10.9 Å². The molecule has 2 aromatic heterocycles. The normalized spacial score (nSPS) is 10.8. The molecule has 2 aromatic rings. The van der Waals surface area contributed by atoms with Gasteiger partial charge in [-0.1, -0.05) is 35.0 Å². The highest BCUT2D eigenvalue weighted by Gasteiger charge is 2.07. The van der Waals surface area contributed by atoms with Crippen LogP contribution < -0.4 is 5.69 Å². The molecule has 2 heterocycles. The van der Waals surface area contributed by atoms with Crippen molar-refractivity contribution >= 4 is 35.0 Å². The minimum absolute atomic E-state index is 0.243. The maximum atomic E-state index is 11.1. The summed E-state index contributed by atoms with van der Waals surface area (Å²) in [5, 5.41) is 7.75. The van der Waals surface area contributed by atoms with Crippen molar-refractivity contribution in [3.8, 4) is 0 Å². The number of aromatic nitrogens is 4. The largest absolute Gasteiger partial charge is 0.343 e. The maximum Gasteiger partial charge on any atom is 0.343 e. The van der Waals surface area contributed by atoms with Crippen LogP contribution in [0.15, 0.2) is 22.2 Å². The van der Waals surface area contributed by atoms with Crippen molar-refractivity contribution in [3.05, 3.63) is 38.5 Å². The van der Waals surface area contributed by atoms with E-state index in [-0.39, 0.29) is 5.69 Å². The molecule has 0 saturated carbocycles. The van der Waals surface area contributed by atoms with Gasteiger partial charge in [-0.2, -0.15) is 0 Å². The fraction of sp³-hybridized carbons (Fsp3) is 0.222. The van der Waals surface area contributed by atoms with Crippen LogP contribution in [0.4, 0.5) is 0 Å². The molecule has 90 valence electrons. The first-order chi connectivity index (χ1) is 8.08. The minimum Gasteiger partial charge on any atom is -0.273 e. The van der Waals surface area contributed by atoms with E-state index < -0.39 is 0 Å². The third-order valence-electron chi connectivity index (χ3n) is 2.09. The smallest absolute Gasteiger partial charge is 0.273 e. The van der Waals surface area contributed by atoms with E-state index in [0.29, 0.717) is 21.1 Å². The standard InChI is InChI=1S/C9H8Cl2N4OS/c1-15-8(16)13-14-9(15)17-4-5-3-12-7(11)2-6(5)10/h2-3H,4H2,1H3,(H,13,16). The van der Waals surface area contributed by atoms with Crippen LogP contribution in [0.2, 0.25) is 10.2 Å². The Labute approximate surface area is 111 Å². The van der Waals surface area contributed by atoms with E-state index in [1.165, 1.54) is 16.3 Å². The molecule has 8 heteroatoms. The van der Waals surface area contributed by atoms with Crippen LogP contribution in [0.1, 0.15) is 5.56 Å². The molecular weight excluding hydrogens is 283 g/mol. The highest BCUT2D eigenvalue weighted by atomic mass is 35.5. The van der Waals surface area contributed by atoms with Crippen molar-refractivity contribution in [2.75, 3.05) is 0 Å². The summed E-state index contributed by atoms with van der Waals surface area (Å²) in [5.74, 6) is 0.571. The lowest BCUT2D eigenvalue weighted by Crippen LogP contribution is -2.12. The molecule has 5 nitrogen and oxygen atoms in total. The molecule has 0 bridgehead atoms. The molecule has 1 N–H and O–H groups in total. The van der Waals surface area contributed by atoms with Crippen molar-refractivity contribution in [1.82, 2.24) is 19.7 Å². The molecule has 0 aliphatic rings. The summed E-state index contributed by atoms with van der Waals surface area (Å²) >= 11 is 13.1. The Morgan fingerprint density at radius 1 is 1.53 bits per heavy atom. The number of hydrogen-bond donors (Lipinski definition) is 1. The Kier molecular flexibility index (Phi) is 3.76. The van der Waals surface area contributed by atoms with Gasteiger partial charge in [0.1, 0.15) is 5.15 Å². The van der Waals surface area contributed by atoms with Gasteiger partial charge in [0.05, 0.1) is 0 Å². The van der Waals surface area contributed by atoms with E-state index in [4.69, 9.17) is 23.2 Å². The molecule has 0 saturated heterocycles. The number of pyridine rings is 1. The van der Waals surface area contributed by atoms with Crippen molar-refractivity contribution in [2.24, 2.45) is 7.05 Å². The van der Waals surface area contributed by atoms with Gasteiger partial charge in [-0.05, 0) is 11.6 Å². The second-order valence-electron chi connectivity index (χ2n) is 3.26. The molecule has 0 aromatic carbocycles. The van der Waals surface area contributed by atoms with Crippen LogP contribution in [-0.4, -0.2) is 19.7 Å². The lowest BCUT2D eigenvalue weighted by atomic mass is 10.3. The van der Waals surface area contributed by atoms with E-state index in [1.54, 1.807) is 19.3 Å². The van der Waals surface area contributed by atoms with Gasteiger partial charge in [-0.25, -0.2) is 14.9 Å². The molecular formula is C9H8Cl2N4OS. The van der Waals surface area contributed by atoms with Crippen molar-refractivity contribution < 1.29 is 0 Å². The topological polar surface area (TPSA) is 63.6 Å². The predicted octanol–water partition coefficient (Wildman–Crippen LogP) is 2.10. The second-order valence-corrected chi connectivity index (χ2v) is 4.99. The number of H-pyrrole nitrogens is 1. The van der Waals surface area contributed by atoms with E-state index >= 15 is 0 Å². The Balaban J connectivity index is 2.12. The summed E-state index contributed by atoms with van der Waals surface area (Å²) in [4.78, 5) is 15.1. The number of nitrogens with zero attached hydrogens (tertiary/aromatic N) is 3. The molecule has 0 radical (unpaired) electrons. The van der Waals surface area contributed by atoms with Crippen molar-refractivity contribution in [1.29, 1.82) is 0 Å². The Morgan fingerprint density at radius 2 is 2.29 bits per heavy atom. The van der Waals surface area contributed by atoms with Gasteiger partial charge < -0.3 is 0 Å². The average molecular weight is 291 g/mol. The molecule has 0 aliphatic carbocycles. The summed E-state index contributed by atoms with van der Waals surface area (Å²) in [6, 6.07) is 1.59. The molecule has 0 amide bonds. The highest BCUT2D eigenvalue weighted by molar-refractivity contribution is 7.98. The van der Waals surface area contributed by atoms with Gasteiger partial charge in [0, 0.05) is 24.0 Å². The van der Waals surface area contributed by atoms with E-state index in [1.807, 2.05) is 0 Å². The Hall–Kier alpha value is -0.980. The second kappa shape index (κ2) is 5.12. The molecule has 17 heavy (non-hydrogen) atoms. The van der Waals surface area contributed by atoms with E-state index in [0.717, 1.165) is 5.56 Å². The number of nitrogens with one attached hydrogen (secondary N) is 1. The summed E-state index contributed by atoms with van der Waals surface area (Å²) in [5.41, 5.74) is 0.601. The van der Waals surface area contributed by atoms with E-state index in [9.17, 15) is 4.79 Å². The molecule has 0 atom stereocenters. The molecule has 0 spiro atoms. The quantitative estimate of drug-likeness (QED) is 0.695. The third kappa shape index (κ3) is 2.83. The zero-order valence-corrected chi connectivity index (χ0v) is 11.1. The first-order valence-corrected chi connectivity index (χ1v) is 6.36. The number of halogens is 2. The number of aromatic amines is 1. The van der Waals surface area contributed by atoms with Gasteiger partial charge in [-0.15, -0.1) is 5.10 Å². The van der Waals surface area contributed by atoms with Gasteiger partial charge in [0.15, 0.2) is 5.16 Å². The van der Waals surface area contributed by atoms with Gasteiger partial charge in [-0.3, -0.25) is 4.57 Å². The van der Waals surface area contributed by atoms with Crippen LogP contribution in [0, 0.1) is 0 Å². The fourth-order valence-corrected chi connectivity index (χ4v) is 2.56. The molecule has 0 unspecified atom stereocenters. The summed E-state index contributed by atoms with van der Waals surface area (Å²) in [6.45, 7) is 0. The number of hydrogen-bond acceptors (Lipinski definition) is 4. The zero-order valence-electron chi connectivity index (χ0n) is 8.78. The zero-order chi connectivity index (χ0) is 12.4. The number of rotatable bonds is 3. The van der Waals surface area contributed by atoms with Gasteiger partial charge >= 0.3 is 5.69 Å². The first-order valence-electron chi connectivity index (χ1n) is 4.62. The molecule has 0 aliphatic heterocycles. The monoisotopic (exact) mass is 290 g/mol. The van der Waals surface area contributed by atoms with Crippen LogP contribution in [0.5, 0.6) is 0 Å². The number of thioether (sulfide) groups is 1. The lowest BCUT2D eigenvalue weighted by Gasteiger charge is -2.03. The van der Waals surface area contributed by atoms with Gasteiger partial charge in [0.2, 0.25) is 0 Å². The average Bonchev–Trinajstić information content (AvgIpc) is 2.59. The summed E-state index contributed by atoms with van der Waals surface area (Å²) in [7, 11) is 1.65. The Morgan fingerprint density at radius 3 is 2.88 bits per heavy atom. The Bertz CT molecular complexity index is 595. The predicted molar refractivity (Wildman–Crippen MR) is 67.6 cm³/mol. The van der Waals surface area contributed by atoms with Gasteiger partial charge in [0.25, 0.3) is 0 Å². The highest BCUT2D eigenvalue weighted by Crippen LogP contribution is 2.25. The van der Waals surface area contributed by atoms with Crippen LogP contribution in [-0.2, 0) is 12.8 Å². The maximum absolute atomic E-state index is 11.1. The lowest BCUT2D eigenvalue weighted by molar-refractivity contribution is 0.765. The van der Waals surface area contributed by atoms with Crippen LogP contribution in [0.3, 0.4) is 0 Å². The van der Waals surface area contributed by atoms with Crippen molar-refractivity contribution in [3.63, 3.8) is 0 Å². The van der Waals surface area contributed by atoms with Crippen LogP contribution in [0.25, 0.3) is 0 Å². The summed E-state index contributed by atoms with van der Waals surface area (Å²) < 4.78 is 1.43. The minimum atomic E-state index is -0.243. The summed E-state index contributed by atoms with van der Waals surface area (Å²) in [6.07, 6.45) is 1.61. The molecule has 2 rings (SSSR count). The first kappa shape index (κ1) is 12.5. The fourth-order valence-electron chi connectivity index (χ4n) is 1.15.